The molecule has 6 nitrogen and oxygen atoms in total. The Morgan fingerprint density at radius 2 is 2.12 bits per heavy atom. The van der Waals surface area contributed by atoms with Gasteiger partial charge in [0.15, 0.2) is 4.96 Å². The maximum atomic E-state index is 12.1. The molecule has 1 aliphatic heterocycles. The van der Waals surface area contributed by atoms with Crippen LogP contribution in [0.25, 0.3) is 4.96 Å². The topological polar surface area (TPSA) is 58.9 Å². The summed E-state index contributed by atoms with van der Waals surface area (Å²) in [6, 6.07) is 0. The number of fused-ring (bicyclic) bond motifs is 1. The van der Waals surface area contributed by atoms with Crippen LogP contribution >= 0.6 is 11.3 Å². The number of nitrogens with one attached hydrogen (secondary N) is 1. The minimum atomic E-state index is -0.425. The van der Waals surface area contributed by atoms with Crippen LogP contribution in [-0.4, -0.2) is 45.6 Å². The molecular weight excluding hydrogens is 336 g/mol. The Balaban J connectivity index is 1.43. The van der Waals surface area contributed by atoms with Crippen LogP contribution in [0, 0.1) is 12.8 Å². The lowest BCUT2D eigenvalue weighted by Crippen LogP contribution is -2.43. The molecule has 1 aliphatic rings. The summed E-state index contributed by atoms with van der Waals surface area (Å²) in [5.41, 5.74) is 1.91. The second-order valence-corrected chi connectivity index (χ2v) is 8.61. The van der Waals surface area contributed by atoms with Gasteiger partial charge in [0, 0.05) is 31.2 Å². The molecule has 0 saturated carbocycles. The number of hydrogen-bond donors (Lipinski definition) is 1. The molecule has 0 atom stereocenters. The monoisotopic (exact) mass is 364 g/mol. The van der Waals surface area contributed by atoms with E-state index in [0.29, 0.717) is 5.92 Å². The number of amides is 1. The Hall–Kier alpha value is -1.60. The zero-order valence-electron chi connectivity index (χ0n) is 15.5. The Morgan fingerprint density at radius 3 is 2.80 bits per heavy atom. The van der Waals surface area contributed by atoms with Gasteiger partial charge >= 0.3 is 6.09 Å². The molecule has 2 aromatic heterocycles. The molecule has 138 valence electrons. The van der Waals surface area contributed by atoms with E-state index in [2.05, 4.69) is 33.2 Å². The molecule has 0 aromatic carbocycles. The molecule has 0 spiro atoms. The van der Waals surface area contributed by atoms with Crippen molar-refractivity contribution in [3.8, 4) is 0 Å². The molecule has 1 saturated heterocycles. The van der Waals surface area contributed by atoms with Crippen molar-refractivity contribution in [1.29, 1.82) is 0 Å². The number of aryl methyl sites for hydroxylation is 1. The summed E-state index contributed by atoms with van der Waals surface area (Å²) in [7, 11) is 0. The van der Waals surface area contributed by atoms with Crippen LogP contribution in [0.5, 0.6) is 0 Å². The highest BCUT2D eigenvalue weighted by molar-refractivity contribution is 7.15. The minimum absolute atomic E-state index is 0.186. The zero-order chi connectivity index (χ0) is 18.0. The molecular formula is C18H28N4O2S. The fourth-order valence-electron chi connectivity index (χ4n) is 3.19. The van der Waals surface area contributed by atoms with E-state index in [9.17, 15) is 4.79 Å². The van der Waals surface area contributed by atoms with Crippen molar-refractivity contribution in [1.82, 2.24) is 19.6 Å². The van der Waals surface area contributed by atoms with Gasteiger partial charge in [0.25, 0.3) is 0 Å². The number of likely N-dealkylation sites (tertiary alicyclic amines) is 1. The average Bonchev–Trinajstić information content (AvgIpc) is 3.08. The highest BCUT2D eigenvalue weighted by Gasteiger charge is 2.26. The van der Waals surface area contributed by atoms with Crippen LogP contribution < -0.4 is 5.32 Å². The van der Waals surface area contributed by atoms with Crippen LogP contribution in [0.4, 0.5) is 4.79 Å². The first kappa shape index (κ1) is 18.2. The van der Waals surface area contributed by atoms with Gasteiger partial charge in [-0.05, 0) is 53.0 Å². The lowest BCUT2D eigenvalue weighted by Gasteiger charge is -2.33. The largest absolute Gasteiger partial charge is 0.444 e. The van der Waals surface area contributed by atoms with Gasteiger partial charge in [-0.3, -0.25) is 4.40 Å². The minimum Gasteiger partial charge on any atom is -0.444 e. The van der Waals surface area contributed by atoms with E-state index in [1.54, 1.807) is 11.3 Å². The summed E-state index contributed by atoms with van der Waals surface area (Å²) < 4.78 is 7.62. The SMILES string of the molecule is Cc1nc2sccn2c1CNCC1CCN(C(=O)OC(C)(C)C)CC1. The van der Waals surface area contributed by atoms with Crippen LogP contribution in [0.15, 0.2) is 11.6 Å². The Kier molecular flexibility index (Phi) is 5.34. The molecule has 1 N–H and O–H groups in total. The molecule has 0 aliphatic carbocycles. The number of carbonyl (C=O) groups excluding carboxylic acids is 1. The number of hydrogen-bond acceptors (Lipinski definition) is 5. The fourth-order valence-corrected chi connectivity index (χ4v) is 3.97. The third-order valence-corrected chi connectivity index (χ3v) is 5.31. The Morgan fingerprint density at radius 1 is 1.40 bits per heavy atom. The van der Waals surface area contributed by atoms with Crippen molar-refractivity contribution in [3.05, 3.63) is 23.0 Å². The van der Waals surface area contributed by atoms with Crippen molar-refractivity contribution >= 4 is 22.4 Å². The number of ether oxygens (including phenoxy) is 1. The van der Waals surface area contributed by atoms with E-state index in [0.717, 1.165) is 49.7 Å². The van der Waals surface area contributed by atoms with Gasteiger partial charge < -0.3 is 15.0 Å². The first-order valence-electron chi connectivity index (χ1n) is 8.93. The van der Waals surface area contributed by atoms with Crippen molar-refractivity contribution in [2.75, 3.05) is 19.6 Å². The number of aromatic nitrogens is 2. The lowest BCUT2D eigenvalue weighted by molar-refractivity contribution is 0.0184. The Labute approximate surface area is 153 Å². The normalized spacial score (nSPS) is 16.6. The van der Waals surface area contributed by atoms with Gasteiger partial charge in [-0.2, -0.15) is 0 Å². The summed E-state index contributed by atoms with van der Waals surface area (Å²) in [5, 5.41) is 5.64. The molecule has 0 unspecified atom stereocenters. The van der Waals surface area contributed by atoms with Crippen LogP contribution in [-0.2, 0) is 11.3 Å². The van der Waals surface area contributed by atoms with E-state index in [1.165, 1.54) is 5.69 Å². The van der Waals surface area contributed by atoms with Crippen LogP contribution in [0.3, 0.4) is 0 Å². The van der Waals surface area contributed by atoms with Crippen molar-refractivity contribution in [2.45, 2.75) is 52.7 Å². The fraction of sp³-hybridized carbons (Fsp3) is 0.667. The number of carbonyl (C=O) groups is 1. The number of piperidine rings is 1. The van der Waals surface area contributed by atoms with Gasteiger partial charge in [-0.1, -0.05) is 0 Å². The van der Waals surface area contributed by atoms with Gasteiger partial charge in [0.1, 0.15) is 5.60 Å². The van der Waals surface area contributed by atoms with E-state index < -0.39 is 5.60 Å². The van der Waals surface area contributed by atoms with Gasteiger partial charge in [-0.25, -0.2) is 9.78 Å². The highest BCUT2D eigenvalue weighted by atomic mass is 32.1. The predicted octanol–water partition coefficient (Wildman–Crippen LogP) is 3.44. The molecule has 2 aromatic rings. The van der Waals surface area contributed by atoms with Crippen molar-refractivity contribution in [2.24, 2.45) is 5.92 Å². The van der Waals surface area contributed by atoms with E-state index >= 15 is 0 Å². The molecule has 1 amide bonds. The van der Waals surface area contributed by atoms with E-state index in [4.69, 9.17) is 4.74 Å². The van der Waals surface area contributed by atoms with Crippen molar-refractivity contribution < 1.29 is 9.53 Å². The summed E-state index contributed by atoms with van der Waals surface area (Å²) in [4.78, 5) is 19.6. The summed E-state index contributed by atoms with van der Waals surface area (Å²) in [6.45, 7) is 11.1. The molecule has 3 rings (SSSR count). The highest BCUT2D eigenvalue weighted by Crippen LogP contribution is 2.20. The predicted molar refractivity (Wildman–Crippen MR) is 100 cm³/mol. The average molecular weight is 365 g/mol. The van der Waals surface area contributed by atoms with Crippen molar-refractivity contribution in [3.63, 3.8) is 0 Å². The molecule has 7 heteroatoms. The molecule has 3 heterocycles. The third kappa shape index (κ3) is 4.52. The maximum Gasteiger partial charge on any atom is 0.410 e. The van der Waals surface area contributed by atoms with Gasteiger partial charge in [-0.15, -0.1) is 11.3 Å². The van der Waals surface area contributed by atoms with Gasteiger partial charge in [0.05, 0.1) is 11.4 Å². The van der Waals surface area contributed by atoms with E-state index in [1.807, 2.05) is 25.7 Å². The number of rotatable bonds is 4. The smallest absolute Gasteiger partial charge is 0.410 e. The first-order chi connectivity index (χ1) is 11.8. The number of imidazole rings is 1. The second-order valence-electron chi connectivity index (χ2n) is 7.74. The van der Waals surface area contributed by atoms with Crippen LogP contribution in [0.1, 0.15) is 45.0 Å². The molecule has 1 fully saturated rings. The number of nitrogens with zero attached hydrogens (tertiary/aromatic N) is 3. The van der Waals surface area contributed by atoms with Crippen LogP contribution in [0.2, 0.25) is 0 Å². The first-order valence-corrected chi connectivity index (χ1v) is 9.81. The quantitative estimate of drug-likeness (QED) is 0.903. The third-order valence-electron chi connectivity index (χ3n) is 4.55. The maximum absolute atomic E-state index is 12.1. The van der Waals surface area contributed by atoms with Gasteiger partial charge in [0.2, 0.25) is 0 Å². The summed E-state index contributed by atoms with van der Waals surface area (Å²) in [6.07, 6.45) is 3.93. The Bertz CT molecular complexity index is 723. The molecule has 0 bridgehead atoms. The standard InChI is InChI=1S/C18H28N4O2S/c1-13-15(22-9-10-25-16(22)20-13)12-19-11-14-5-7-21(8-6-14)17(23)24-18(2,3)4/h9-10,14,19H,5-8,11-12H2,1-4H3. The molecule has 25 heavy (non-hydrogen) atoms. The van der Waals surface area contributed by atoms with E-state index in [-0.39, 0.29) is 6.09 Å². The summed E-state index contributed by atoms with van der Waals surface area (Å²) >= 11 is 1.67. The lowest BCUT2D eigenvalue weighted by atomic mass is 9.97. The second kappa shape index (κ2) is 7.33. The zero-order valence-corrected chi connectivity index (χ0v) is 16.4. The summed E-state index contributed by atoms with van der Waals surface area (Å²) in [5.74, 6) is 0.602. The number of thiazole rings is 1. The molecule has 0 radical (unpaired) electrons.